The number of hydrogen-bond acceptors (Lipinski definition) is 6. The summed E-state index contributed by atoms with van der Waals surface area (Å²) < 4.78 is 5.51. The Balaban J connectivity index is 2.30. The van der Waals surface area contributed by atoms with Gasteiger partial charge in [0.1, 0.15) is 5.75 Å². The van der Waals surface area contributed by atoms with Crippen molar-refractivity contribution in [2.24, 2.45) is 0 Å². The van der Waals surface area contributed by atoms with Crippen LogP contribution >= 0.6 is 0 Å². The summed E-state index contributed by atoms with van der Waals surface area (Å²) in [6.07, 6.45) is 0. The molecule has 0 bridgehead atoms. The van der Waals surface area contributed by atoms with Gasteiger partial charge in [0, 0.05) is 5.39 Å². The zero-order valence-corrected chi connectivity index (χ0v) is 10.9. The maximum absolute atomic E-state index is 5.62. The van der Waals surface area contributed by atoms with Crippen molar-refractivity contribution in [1.29, 1.82) is 0 Å². The van der Waals surface area contributed by atoms with E-state index >= 15 is 0 Å². The summed E-state index contributed by atoms with van der Waals surface area (Å²) in [7, 11) is 1.61. The molecule has 6 heteroatoms. The number of anilines is 2. The molecular weight excluding hydrogens is 254 g/mol. The zero-order valence-electron chi connectivity index (χ0n) is 10.9. The first-order chi connectivity index (χ1) is 9.69. The van der Waals surface area contributed by atoms with Crippen molar-refractivity contribution in [1.82, 2.24) is 15.0 Å². The van der Waals surface area contributed by atoms with Crippen molar-refractivity contribution in [2.45, 2.75) is 0 Å². The van der Waals surface area contributed by atoms with E-state index in [0.29, 0.717) is 11.6 Å². The fraction of sp³-hybridized carbons (Fsp3) is 0.0714. The normalized spacial score (nSPS) is 10.7. The molecule has 3 aromatic rings. The number of benzene rings is 2. The molecule has 6 nitrogen and oxygen atoms in total. The molecule has 0 saturated heterocycles. The maximum Gasteiger partial charge on any atom is 0.225 e. The van der Waals surface area contributed by atoms with Crippen molar-refractivity contribution < 1.29 is 4.74 Å². The van der Waals surface area contributed by atoms with Gasteiger partial charge in [-0.15, -0.1) is 0 Å². The first-order valence-electron chi connectivity index (χ1n) is 6.02. The van der Waals surface area contributed by atoms with Crippen molar-refractivity contribution in [3.05, 3.63) is 36.4 Å². The van der Waals surface area contributed by atoms with Gasteiger partial charge >= 0.3 is 0 Å². The number of fused-ring (bicyclic) bond motifs is 1. The average molecular weight is 267 g/mol. The highest BCUT2D eigenvalue weighted by atomic mass is 16.5. The van der Waals surface area contributed by atoms with Gasteiger partial charge in [-0.25, -0.2) is 0 Å². The van der Waals surface area contributed by atoms with E-state index in [9.17, 15) is 0 Å². The van der Waals surface area contributed by atoms with Crippen LogP contribution in [0.1, 0.15) is 0 Å². The maximum atomic E-state index is 5.62. The minimum Gasteiger partial charge on any atom is -0.495 e. The van der Waals surface area contributed by atoms with E-state index in [-0.39, 0.29) is 11.9 Å². The number of nitrogen functional groups attached to an aromatic ring is 2. The summed E-state index contributed by atoms with van der Waals surface area (Å²) in [6.45, 7) is 0. The molecule has 20 heavy (non-hydrogen) atoms. The van der Waals surface area contributed by atoms with Crippen molar-refractivity contribution >= 4 is 22.7 Å². The Labute approximate surface area is 115 Å². The molecule has 0 unspecified atom stereocenters. The van der Waals surface area contributed by atoms with Crippen LogP contribution in [0.4, 0.5) is 11.9 Å². The third-order valence-electron chi connectivity index (χ3n) is 2.99. The number of hydrogen-bond donors (Lipinski definition) is 2. The molecule has 0 aliphatic heterocycles. The lowest BCUT2D eigenvalue weighted by Crippen LogP contribution is -2.05. The number of rotatable bonds is 2. The Bertz CT molecular complexity index is 767. The van der Waals surface area contributed by atoms with Crippen LogP contribution in [0, 0.1) is 0 Å². The molecule has 1 heterocycles. The van der Waals surface area contributed by atoms with Crippen LogP contribution in [0.5, 0.6) is 5.75 Å². The second-order valence-electron chi connectivity index (χ2n) is 4.24. The molecule has 4 N–H and O–H groups in total. The summed E-state index contributed by atoms with van der Waals surface area (Å²) in [5.74, 6) is 1.26. The molecule has 0 amide bonds. The summed E-state index contributed by atoms with van der Waals surface area (Å²) >= 11 is 0. The fourth-order valence-electron chi connectivity index (χ4n) is 2.17. The fourth-order valence-corrected chi connectivity index (χ4v) is 2.17. The number of nitrogens with two attached hydrogens (primary N) is 2. The van der Waals surface area contributed by atoms with E-state index in [0.717, 1.165) is 16.3 Å². The van der Waals surface area contributed by atoms with E-state index in [2.05, 4.69) is 15.0 Å². The highest BCUT2D eigenvalue weighted by Gasteiger charge is 2.13. The van der Waals surface area contributed by atoms with Gasteiger partial charge in [0.2, 0.25) is 11.9 Å². The lowest BCUT2D eigenvalue weighted by atomic mass is 10.0. The lowest BCUT2D eigenvalue weighted by molar-refractivity contribution is 0.421. The molecule has 0 spiro atoms. The van der Waals surface area contributed by atoms with Gasteiger partial charge < -0.3 is 16.2 Å². The largest absolute Gasteiger partial charge is 0.495 e. The highest BCUT2D eigenvalue weighted by molar-refractivity contribution is 5.94. The zero-order chi connectivity index (χ0) is 14.1. The predicted octanol–water partition coefficient (Wildman–Crippen LogP) is 1.86. The van der Waals surface area contributed by atoms with Crippen LogP contribution in [0.2, 0.25) is 0 Å². The third kappa shape index (κ3) is 1.97. The van der Waals surface area contributed by atoms with E-state index in [1.54, 1.807) is 7.11 Å². The Morgan fingerprint density at radius 1 is 0.900 bits per heavy atom. The quantitative estimate of drug-likeness (QED) is 0.735. The molecule has 0 radical (unpaired) electrons. The molecular formula is C14H13N5O. The van der Waals surface area contributed by atoms with Crippen LogP contribution in [0.3, 0.4) is 0 Å². The number of nitrogens with zero attached hydrogens (tertiary/aromatic N) is 3. The van der Waals surface area contributed by atoms with Crippen LogP contribution in [0.15, 0.2) is 36.4 Å². The van der Waals surface area contributed by atoms with Gasteiger partial charge in [-0.2, -0.15) is 15.0 Å². The SMILES string of the molecule is COc1c(-c2nc(N)nc(N)n2)ccc2ccccc12. The smallest absolute Gasteiger partial charge is 0.225 e. The minimum atomic E-state index is 0.0858. The second kappa shape index (κ2) is 4.65. The first kappa shape index (κ1) is 12.2. The predicted molar refractivity (Wildman–Crippen MR) is 78.1 cm³/mol. The molecule has 0 saturated carbocycles. The molecule has 0 aliphatic rings. The summed E-state index contributed by atoms with van der Waals surface area (Å²) in [5, 5.41) is 2.05. The van der Waals surface area contributed by atoms with Crippen molar-refractivity contribution in [3.8, 4) is 17.1 Å². The van der Waals surface area contributed by atoms with Gasteiger partial charge in [-0.05, 0) is 11.5 Å². The van der Waals surface area contributed by atoms with Gasteiger partial charge in [0.05, 0.1) is 12.7 Å². The van der Waals surface area contributed by atoms with Gasteiger partial charge in [-0.3, -0.25) is 0 Å². The van der Waals surface area contributed by atoms with Crippen LogP contribution in [-0.4, -0.2) is 22.1 Å². The van der Waals surface area contributed by atoms with Gasteiger partial charge in [0.25, 0.3) is 0 Å². The Kier molecular flexibility index (Phi) is 2.83. The Morgan fingerprint density at radius 2 is 1.60 bits per heavy atom. The Morgan fingerprint density at radius 3 is 2.30 bits per heavy atom. The number of ether oxygens (including phenoxy) is 1. The van der Waals surface area contributed by atoms with Gasteiger partial charge in [-0.1, -0.05) is 30.3 Å². The molecule has 0 aliphatic carbocycles. The molecule has 2 aromatic carbocycles. The van der Waals surface area contributed by atoms with Crippen LogP contribution in [-0.2, 0) is 0 Å². The van der Waals surface area contributed by atoms with Crippen LogP contribution < -0.4 is 16.2 Å². The third-order valence-corrected chi connectivity index (χ3v) is 2.99. The number of aromatic nitrogens is 3. The number of methoxy groups -OCH3 is 1. The van der Waals surface area contributed by atoms with Crippen molar-refractivity contribution in [2.75, 3.05) is 18.6 Å². The lowest BCUT2D eigenvalue weighted by Gasteiger charge is -2.11. The molecule has 1 aromatic heterocycles. The summed E-state index contributed by atoms with van der Waals surface area (Å²) in [5.41, 5.74) is 12.0. The summed E-state index contributed by atoms with van der Waals surface area (Å²) in [6, 6.07) is 11.8. The molecule has 100 valence electrons. The Hall–Kier alpha value is -2.89. The highest BCUT2D eigenvalue weighted by Crippen LogP contribution is 2.35. The van der Waals surface area contributed by atoms with E-state index in [1.807, 2.05) is 36.4 Å². The van der Waals surface area contributed by atoms with Gasteiger partial charge in [0.15, 0.2) is 5.82 Å². The van der Waals surface area contributed by atoms with E-state index in [1.165, 1.54) is 0 Å². The minimum absolute atomic E-state index is 0.0858. The first-order valence-corrected chi connectivity index (χ1v) is 6.02. The van der Waals surface area contributed by atoms with Crippen molar-refractivity contribution in [3.63, 3.8) is 0 Å². The summed E-state index contributed by atoms with van der Waals surface area (Å²) in [4.78, 5) is 12.0. The molecule has 3 rings (SSSR count). The monoisotopic (exact) mass is 267 g/mol. The standard InChI is InChI=1S/C14H13N5O/c1-20-11-9-5-3-2-4-8(9)6-7-10(11)12-17-13(15)19-14(16)18-12/h2-7H,1H3,(H4,15,16,17,18,19). The molecule has 0 atom stereocenters. The second-order valence-corrected chi connectivity index (χ2v) is 4.24. The average Bonchev–Trinajstić information content (AvgIpc) is 2.45. The molecule has 0 fully saturated rings. The van der Waals surface area contributed by atoms with Crippen LogP contribution in [0.25, 0.3) is 22.2 Å². The van der Waals surface area contributed by atoms with E-state index in [4.69, 9.17) is 16.2 Å². The topological polar surface area (TPSA) is 99.9 Å². The van der Waals surface area contributed by atoms with E-state index < -0.39 is 0 Å².